The zero-order valence-corrected chi connectivity index (χ0v) is 10.7. The lowest BCUT2D eigenvalue weighted by molar-refractivity contribution is 0.481. The third-order valence-electron chi connectivity index (χ3n) is 3.00. The maximum atomic E-state index is 9.99. The Morgan fingerprint density at radius 1 is 1.35 bits per heavy atom. The Kier molecular flexibility index (Phi) is 3.38. The Labute approximate surface area is 102 Å². The fraction of sp³-hybridized carbons (Fsp3) is 0.429. The van der Waals surface area contributed by atoms with Crippen molar-refractivity contribution < 1.29 is 5.11 Å². The molecule has 0 saturated heterocycles. The molecule has 0 saturated carbocycles. The van der Waals surface area contributed by atoms with Crippen molar-refractivity contribution in [3.05, 3.63) is 30.0 Å². The summed E-state index contributed by atoms with van der Waals surface area (Å²) in [7, 11) is 0. The van der Waals surface area contributed by atoms with Gasteiger partial charge in [-0.25, -0.2) is 0 Å². The van der Waals surface area contributed by atoms with Crippen LogP contribution in [0, 0.1) is 0 Å². The van der Waals surface area contributed by atoms with Crippen molar-refractivity contribution in [2.24, 2.45) is 0 Å². The van der Waals surface area contributed by atoms with Gasteiger partial charge in [0, 0.05) is 30.7 Å². The summed E-state index contributed by atoms with van der Waals surface area (Å²) in [4.78, 5) is 0. The third kappa shape index (κ3) is 2.29. The molecule has 17 heavy (non-hydrogen) atoms. The van der Waals surface area contributed by atoms with Crippen molar-refractivity contribution in [2.75, 3.05) is 0 Å². The van der Waals surface area contributed by atoms with E-state index in [2.05, 4.69) is 42.9 Å². The first-order valence-electron chi connectivity index (χ1n) is 6.16. The summed E-state index contributed by atoms with van der Waals surface area (Å²) in [6.07, 6.45) is 2.12. The topological polar surface area (TPSA) is 37.2 Å². The maximum absolute atomic E-state index is 9.99. The fourth-order valence-corrected chi connectivity index (χ4v) is 2.13. The van der Waals surface area contributed by atoms with E-state index >= 15 is 0 Å². The van der Waals surface area contributed by atoms with E-state index in [0.29, 0.717) is 11.8 Å². The molecular formula is C14H20N2O. The number of hydrogen-bond acceptors (Lipinski definition) is 2. The normalized spacial score (nSPS) is 11.5. The van der Waals surface area contributed by atoms with Gasteiger partial charge in [-0.2, -0.15) is 0 Å². The zero-order chi connectivity index (χ0) is 12.4. The number of benzene rings is 1. The van der Waals surface area contributed by atoms with Gasteiger partial charge in [0.2, 0.25) is 0 Å². The average molecular weight is 232 g/mol. The molecule has 0 fully saturated rings. The molecule has 92 valence electrons. The summed E-state index contributed by atoms with van der Waals surface area (Å²) < 4.78 is 2.17. The Balaban J connectivity index is 2.47. The van der Waals surface area contributed by atoms with Crippen LogP contribution in [0.5, 0.6) is 5.75 Å². The summed E-state index contributed by atoms with van der Waals surface area (Å²) in [6.45, 7) is 8.07. The van der Waals surface area contributed by atoms with Crippen LogP contribution in [0.15, 0.2) is 24.4 Å². The van der Waals surface area contributed by atoms with E-state index in [4.69, 9.17) is 0 Å². The fourth-order valence-electron chi connectivity index (χ4n) is 2.13. The predicted octanol–water partition coefficient (Wildman–Crippen LogP) is 2.86. The highest BCUT2D eigenvalue weighted by molar-refractivity contribution is 5.89. The van der Waals surface area contributed by atoms with E-state index in [-0.39, 0.29) is 0 Å². The Morgan fingerprint density at radius 2 is 2.12 bits per heavy atom. The second-order valence-corrected chi connectivity index (χ2v) is 4.65. The van der Waals surface area contributed by atoms with Gasteiger partial charge in [0.05, 0.1) is 5.52 Å². The predicted molar refractivity (Wildman–Crippen MR) is 71.3 cm³/mol. The lowest BCUT2D eigenvalue weighted by Gasteiger charge is -2.07. The van der Waals surface area contributed by atoms with Gasteiger partial charge in [0.1, 0.15) is 5.75 Å². The minimum Gasteiger partial charge on any atom is -0.507 e. The molecule has 0 aliphatic rings. The summed E-state index contributed by atoms with van der Waals surface area (Å²) in [5.74, 6) is 0.371. The van der Waals surface area contributed by atoms with Gasteiger partial charge in [-0.1, -0.05) is 19.9 Å². The number of aromatic nitrogens is 1. The number of nitrogens with one attached hydrogen (secondary N) is 1. The molecule has 0 spiro atoms. The number of phenols is 1. The number of hydrogen-bond donors (Lipinski definition) is 2. The van der Waals surface area contributed by atoms with Crippen LogP contribution >= 0.6 is 0 Å². The van der Waals surface area contributed by atoms with Crippen LogP contribution in [0.3, 0.4) is 0 Å². The molecule has 2 N–H and O–H groups in total. The van der Waals surface area contributed by atoms with Crippen LogP contribution in [0.2, 0.25) is 0 Å². The van der Waals surface area contributed by atoms with Crippen molar-refractivity contribution >= 4 is 10.9 Å². The molecule has 1 heterocycles. The first-order chi connectivity index (χ1) is 8.13. The molecular weight excluding hydrogens is 212 g/mol. The van der Waals surface area contributed by atoms with Gasteiger partial charge in [-0.3, -0.25) is 0 Å². The van der Waals surface area contributed by atoms with Crippen LogP contribution in [0.25, 0.3) is 10.9 Å². The van der Waals surface area contributed by atoms with Crippen LogP contribution < -0.4 is 5.32 Å². The minimum atomic E-state index is 0.371. The molecule has 3 nitrogen and oxygen atoms in total. The molecule has 0 aliphatic carbocycles. The van der Waals surface area contributed by atoms with E-state index in [1.54, 1.807) is 6.07 Å². The van der Waals surface area contributed by atoms with Gasteiger partial charge in [-0.15, -0.1) is 0 Å². The third-order valence-corrected chi connectivity index (χ3v) is 3.00. The first-order valence-corrected chi connectivity index (χ1v) is 6.16. The first kappa shape index (κ1) is 12.0. The van der Waals surface area contributed by atoms with Crippen LogP contribution in [0.4, 0.5) is 0 Å². The Hall–Kier alpha value is -1.48. The van der Waals surface area contributed by atoms with Crippen molar-refractivity contribution in [2.45, 2.75) is 39.9 Å². The minimum absolute atomic E-state index is 0.371. The van der Waals surface area contributed by atoms with Gasteiger partial charge >= 0.3 is 0 Å². The summed E-state index contributed by atoms with van der Waals surface area (Å²) >= 11 is 0. The van der Waals surface area contributed by atoms with Crippen molar-refractivity contribution in [1.82, 2.24) is 9.88 Å². The van der Waals surface area contributed by atoms with Crippen LogP contribution in [0.1, 0.15) is 26.3 Å². The second-order valence-electron chi connectivity index (χ2n) is 4.65. The standard InChI is InChI=1S/C14H20N2O/c1-4-16-9-11(8-15-10(2)3)14-12(16)6-5-7-13(14)17/h5-7,9-10,15,17H,4,8H2,1-3H3. The molecule has 1 aromatic carbocycles. The van der Waals surface area contributed by atoms with Crippen molar-refractivity contribution in [3.8, 4) is 5.75 Å². The molecule has 0 radical (unpaired) electrons. The number of rotatable bonds is 4. The van der Waals surface area contributed by atoms with E-state index < -0.39 is 0 Å². The largest absolute Gasteiger partial charge is 0.507 e. The van der Waals surface area contributed by atoms with Gasteiger partial charge in [-0.05, 0) is 24.6 Å². The van der Waals surface area contributed by atoms with E-state index in [0.717, 1.165) is 29.6 Å². The highest BCUT2D eigenvalue weighted by Gasteiger charge is 2.11. The lowest BCUT2D eigenvalue weighted by atomic mass is 10.1. The Bertz CT molecular complexity index is 514. The maximum Gasteiger partial charge on any atom is 0.125 e. The molecule has 0 bridgehead atoms. The zero-order valence-electron chi connectivity index (χ0n) is 10.7. The van der Waals surface area contributed by atoms with Gasteiger partial charge in [0.25, 0.3) is 0 Å². The molecule has 2 rings (SSSR count). The molecule has 0 aliphatic heterocycles. The number of aryl methyl sites for hydroxylation is 1. The molecule has 0 amide bonds. The quantitative estimate of drug-likeness (QED) is 0.850. The summed E-state index contributed by atoms with van der Waals surface area (Å²) in [6, 6.07) is 6.14. The average Bonchev–Trinajstić information content (AvgIpc) is 2.66. The number of aromatic hydroxyl groups is 1. The second kappa shape index (κ2) is 4.80. The Morgan fingerprint density at radius 3 is 2.76 bits per heavy atom. The van der Waals surface area contributed by atoms with Crippen molar-refractivity contribution in [1.29, 1.82) is 0 Å². The molecule has 3 heteroatoms. The smallest absolute Gasteiger partial charge is 0.125 e. The molecule has 2 aromatic rings. The van der Waals surface area contributed by atoms with Gasteiger partial charge < -0.3 is 15.0 Å². The van der Waals surface area contributed by atoms with E-state index in [9.17, 15) is 5.11 Å². The summed E-state index contributed by atoms with van der Waals surface area (Å²) in [5, 5.41) is 14.4. The van der Waals surface area contributed by atoms with Crippen molar-refractivity contribution in [3.63, 3.8) is 0 Å². The van der Waals surface area contributed by atoms with E-state index in [1.807, 2.05) is 6.07 Å². The highest BCUT2D eigenvalue weighted by Crippen LogP contribution is 2.29. The molecule has 0 atom stereocenters. The monoisotopic (exact) mass is 232 g/mol. The molecule has 1 aromatic heterocycles. The van der Waals surface area contributed by atoms with E-state index in [1.165, 1.54) is 0 Å². The number of phenolic OH excluding ortho intramolecular Hbond substituents is 1. The molecule has 0 unspecified atom stereocenters. The highest BCUT2D eigenvalue weighted by atomic mass is 16.3. The summed E-state index contributed by atoms with van der Waals surface area (Å²) in [5.41, 5.74) is 2.27. The van der Waals surface area contributed by atoms with Crippen LogP contribution in [-0.4, -0.2) is 15.7 Å². The lowest BCUT2D eigenvalue weighted by Crippen LogP contribution is -2.21. The SMILES string of the molecule is CCn1cc(CNC(C)C)c2c(O)cccc21. The number of nitrogens with zero attached hydrogens (tertiary/aromatic N) is 1. The van der Waals surface area contributed by atoms with Crippen LogP contribution in [-0.2, 0) is 13.1 Å². The number of fused-ring (bicyclic) bond motifs is 1. The van der Waals surface area contributed by atoms with Gasteiger partial charge in [0.15, 0.2) is 0 Å².